The summed E-state index contributed by atoms with van der Waals surface area (Å²) in [6.07, 6.45) is 2.47. The van der Waals surface area contributed by atoms with Gasteiger partial charge in [0.05, 0.1) is 0 Å². The summed E-state index contributed by atoms with van der Waals surface area (Å²) in [5.74, 6) is 2.70. The fraction of sp³-hybridized carbons (Fsp3) is 0.161. The van der Waals surface area contributed by atoms with E-state index in [4.69, 9.17) is 0 Å². The second-order valence-electron chi connectivity index (χ2n) is 9.16. The number of carbonyl (C=O) groups is 2. The summed E-state index contributed by atoms with van der Waals surface area (Å²) in [5, 5.41) is 0. The molecule has 2 heterocycles. The van der Waals surface area contributed by atoms with Crippen LogP contribution in [0.2, 0.25) is 0 Å². The smallest absolute Gasteiger partial charge is 0.195 e. The van der Waals surface area contributed by atoms with Gasteiger partial charge in [0.25, 0.3) is 0 Å². The summed E-state index contributed by atoms with van der Waals surface area (Å²) in [6.45, 7) is 0. The third-order valence-corrected chi connectivity index (χ3v) is 9.69. The van der Waals surface area contributed by atoms with Crippen molar-refractivity contribution in [3.05, 3.63) is 128 Å². The van der Waals surface area contributed by atoms with Crippen molar-refractivity contribution >= 4 is 51.0 Å². The predicted octanol–water partition coefficient (Wildman–Crippen LogP) is 8.69. The van der Waals surface area contributed by atoms with E-state index in [0.717, 1.165) is 53.6 Å². The van der Waals surface area contributed by atoms with E-state index in [1.165, 1.54) is 24.0 Å². The average Bonchev–Trinajstić information content (AvgIpc) is 3.77. The Kier molecular flexibility index (Phi) is 6.63. The van der Waals surface area contributed by atoms with Crippen molar-refractivity contribution in [1.82, 2.24) is 0 Å². The van der Waals surface area contributed by atoms with Gasteiger partial charge in [-0.15, -0.1) is 23.5 Å². The van der Waals surface area contributed by atoms with E-state index in [9.17, 15) is 9.59 Å². The highest BCUT2D eigenvalue weighted by Crippen LogP contribution is 2.45. The van der Waals surface area contributed by atoms with Crippen LogP contribution in [0.15, 0.2) is 99.2 Å². The first-order valence-corrected chi connectivity index (χ1v) is 14.8. The van der Waals surface area contributed by atoms with Gasteiger partial charge < -0.3 is 0 Å². The molecule has 0 aromatic heterocycles. The van der Waals surface area contributed by atoms with Crippen molar-refractivity contribution in [2.45, 2.75) is 40.1 Å². The Morgan fingerprint density at radius 3 is 1.75 bits per heavy atom. The van der Waals surface area contributed by atoms with Crippen LogP contribution in [0, 0.1) is 0 Å². The van der Waals surface area contributed by atoms with Crippen molar-refractivity contribution < 1.29 is 9.59 Å². The molecule has 1 saturated carbocycles. The molecule has 3 aliphatic rings. The molecule has 4 aromatic carbocycles. The van der Waals surface area contributed by atoms with E-state index in [-0.39, 0.29) is 11.6 Å². The summed E-state index contributed by atoms with van der Waals surface area (Å²) in [7, 11) is 0. The molecule has 0 N–H and O–H groups in total. The highest BCUT2D eigenvalue weighted by molar-refractivity contribution is 9.10. The van der Waals surface area contributed by atoms with Crippen molar-refractivity contribution in [1.29, 1.82) is 0 Å². The fourth-order valence-electron chi connectivity index (χ4n) is 4.84. The average molecular weight is 572 g/mol. The Balaban J connectivity index is 0.000000134. The minimum absolute atomic E-state index is 0.119. The molecule has 7 rings (SSSR count). The van der Waals surface area contributed by atoms with Gasteiger partial charge in [-0.25, -0.2) is 0 Å². The minimum atomic E-state index is 0.119. The van der Waals surface area contributed by atoms with Gasteiger partial charge in [0.1, 0.15) is 0 Å². The van der Waals surface area contributed by atoms with Crippen LogP contribution in [-0.2, 0) is 11.5 Å². The lowest BCUT2D eigenvalue weighted by atomic mass is 9.92. The van der Waals surface area contributed by atoms with Crippen LogP contribution in [0.1, 0.15) is 67.3 Å². The molecule has 5 heteroatoms. The number of benzene rings is 4. The number of rotatable bonds is 1. The van der Waals surface area contributed by atoms with Gasteiger partial charge in [-0.05, 0) is 65.8 Å². The van der Waals surface area contributed by atoms with Crippen LogP contribution >= 0.6 is 39.5 Å². The van der Waals surface area contributed by atoms with E-state index in [0.29, 0.717) is 5.92 Å². The quantitative estimate of drug-likeness (QED) is 0.229. The van der Waals surface area contributed by atoms with Crippen molar-refractivity contribution in [2.75, 3.05) is 0 Å². The predicted molar refractivity (Wildman–Crippen MR) is 151 cm³/mol. The van der Waals surface area contributed by atoms with E-state index < -0.39 is 0 Å². The zero-order valence-electron chi connectivity index (χ0n) is 19.5. The highest BCUT2D eigenvalue weighted by Gasteiger charge is 2.31. The van der Waals surface area contributed by atoms with Gasteiger partial charge in [-0.3, -0.25) is 9.59 Å². The van der Waals surface area contributed by atoms with Crippen LogP contribution in [0.25, 0.3) is 0 Å². The van der Waals surface area contributed by atoms with E-state index >= 15 is 0 Å². The Morgan fingerprint density at radius 2 is 1.14 bits per heavy atom. The molecule has 0 spiro atoms. The Labute approximate surface area is 228 Å². The van der Waals surface area contributed by atoms with Gasteiger partial charge in [-0.2, -0.15) is 0 Å². The Hall–Kier alpha value is -2.60. The molecule has 4 aromatic rings. The molecule has 2 nitrogen and oxygen atoms in total. The molecule has 0 saturated heterocycles. The lowest BCUT2D eigenvalue weighted by Gasteiger charge is -2.10. The lowest BCUT2D eigenvalue weighted by Crippen LogP contribution is -2.07. The van der Waals surface area contributed by atoms with Gasteiger partial charge in [0, 0.05) is 48.0 Å². The maximum Gasteiger partial charge on any atom is 0.195 e. The number of hydrogen-bond acceptors (Lipinski definition) is 4. The summed E-state index contributed by atoms with van der Waals surface area (Å²) >= 11 is 6.98. The number of halogens is 1. The van der Waals surface area contributed by atoms with Crippen LogP contribution in [0.3, 0.4) is 0 Å². The standard InChI is InChI=1S/C17H14OS.C14H9BrOS/c18-17-14-5-1-2-7-15(14)19-10-12-4-3-6-13(16(12)17)11-8-9-11;15-11-6-3-4-9-8-17-12-7-2-1-5-10(12)14(16)13(9)11/h1-7,11H,8-10H2;1-7H,8H2. The number of hydrogen-bond donors (Lipinski definition) is 0. The number of thioether (sulfide) groups is 2. The molecular formula is C31H23BrO2S2. The first kappa shape index (κ1) is 23.8. The number of ketones is 2. The maximum atomic E-state index is 12.9. The second kappa shape index (κ2) is 10.0. The summed E-state index contributed by atoms with van der Waals surface area (Å²) < 4.78 is 0.886. The van der Waals surface area contributed by atoms with Crippen molar-refractivity contribution in [2.24, 2.45) is 0 Å². The molecule has 178 valence electrons. The normalized spacial score (nSPS) is 15.8. The summed E-state index contributed by atoms with van der Waals surface area (Å²) in [6, 6.07) is 28.1. The molecule has 36 heavy (non-hydrogen) atoms. The first-order chi connectivity index (χ1) is 17.6. The number of fused-ring (bicyclic) bond motifs is 4. The van der Waals surface area contributed by atoms with Crippen LogP contribution in [-0.4, -0.2) is 11.6 Å². The topological polar surface area (TPSA) is 34.1 Å². The van der Waals surface area contributed by atoms with Gasteiger partial charge in [-0.1, -0.05) is 70.5 Å². The zero-order chi connectivity index (χ0) is 24.6. The van der Waals surface area contributed by atoms with Crippen molar-refractivity contribution in [3.63, 3.8) is 0 Å². The highest BCUT2D eigenvalue weighted by atomic mass is 79.9. The Bertz CT molecular complexity index is 1510. The third kappa shape index (κ3) is 4.49. The molecule has 0 bridgehead atoms. The second-order valence-corrected chi connectivity index (χ2v) is 12.0. The lowest BCUT2D eigenvalue weighted by molar-refractivity contribution is 0.102. The van der Waals surface area contributed by atoms with E-state index in [2.05, 4.69) is 40.2 Å². The third-order valence-electron chi connectivity index (χ3n) is 6.78. The molecule has 1 fully saturated rings. The SMILES string of the molecule is O=C1c2ccccc2SCc2cccc(Br)c21.O=C1c2ccccc2SCc2cccc(C3CC3)c21. The van der Waals surface area contributed by atoms with E-state index in [1.54, 1.807) is 23.5 Å². The van der Waals surface area contributed by atoms with Crippen LogP contribution in [0.5, 0.6) is 0 Å². The number of carbonyl (C=O) groups excluding carboxylic acids is 2. The van der Waals surface area contributed by atoms with Crippen molar-refractivity contribution in [3.8, 4) is 0 Å². The van der Waals surface area contributed by atoms with Gasteiger partial charge in [0.15, 0.2) is 11.6 Å². The summed E-state index contributed by atoms with van der Waals surface area (Å²) in [5.41, 5.74) is 7.07. The summed E-state index contributed by atoms with van der Waals surface area (Å²) in [4.78, 5) is 27.6. The molecule has 2 aliphatic heterocycles. The van der Waals surface area contributed by atoms with E-state index in [1.807, 2.05) is 60.7 Å². The zero-order valence-corrected chi connectivity index (χ0v) is 22.7. The van der Waals surface area contributed by atoms with Gasteiger partial charge in [0.2, 0.25) is 0 Å². The van der Waals surface area contributed by atoms with Crippen LogP contribution in [0.4, 0.5) is 0 Å². The molecular weight excluding hydrogens is 548 g/mol. The molecule has 0 radical (unpaired) electrons. The molecule has 0 unspecified atom stereocenters. The van der Waals surface area contributed by atoms with Gasteiger partial charge >= 0.3 is 0 Å². The Morgan fingerprint density at radius 1 is 0.611 bits per heavy atom. The molecule has 0 atom stereocenters. The molecule has 0 amide bonds. The largest absolute Gasteiger partial charge is 0.289 e. The first-order valence-electron chi connectivity index (χ1n) is 12.0. The monoisotopic (exact) mass is 570 g/mol. The minimum Gasteiger partial charge on any atom is -0.289 e. The fourth-order valence-corrected chi connectivity index (χ4v) is 7.51. The van der Waals surface area contributed by atoms with Crippen LogP contribution < -0.4 is 0 Å². The maximum absolute atomic E-state index is 12.9. The molecule has 1 aliphatic carbocycles.